The van der Waals surface area contributed by atoms with E-state index in [1.807, 2.05) is 0 Å². The SMILES string of the molecule is CCOc1cc([C@@H]2[C@H](C(=O)OC(C)C)C(=O)C[C@](C)(O)[C@H]2C(=O)OC(C)C)ccc1O. The van der Waals surface area contributed by atoms with Crippen LogP contribution < -0.4 is 4.74 Å². The van der Waals surface area contributed by atoms with Crippen molar-refractivity contribution in [2.24, 2.45) is 11.8 Å². The number of esters is 2. The van der Waals surface area contributed by atoms with Gasteiger partial charge in [0.1, 0.15) is 5.92 Å². The molecule has 0 aromatic heterocycles. The number of ether oxygens (including phenoxy) is 3. The number of rotatable bonds is 7. The highest BCUT2D eigenvalue weighted by molar-refractivity contribution is 6.02. The van der Waals surface area contributed by atoms with Gasteiger partial charge >= 0.3 is 11.9 Å². The minimum atomic E-state index is -1.74. The molecule has 0 aliphatic heterocycles. The summed E-state index contributed by atoms with van der Waals surface area (Å²) in [6.07, 6.45) is -1.32. The van der Waals surface area contributed by atoms with Gasteiger partial charge in [0.15, 0.2) is 17.3 Å². The van der Waals surface area contributed by atoms with Crippen LogP contribution in [0.2, 0.25) is 0 Å². The summed E-state index contributed by atoms with van der Waals surface area (Å²) in [6.45, 7) is 10.1. The fourth-order valence-electron chi connectivity index (χ4n) is 4.04. The molecule has 1 fully saturated rings. The largest absolute Gasteiger partial charge is 0.504 e. The van der Waals surface area contributed by atoms with Gasteiger partial charge in [-0.15, -0.1) is 0 Å². The highest BCUT2D eigenvalue weighted by Crippen LogP contribution is 2.48. The Morgan fingerprint density at radius 3 is 2.26 bits per heavy atom. The zero-order valence-electron chi connectivity index (χ0n) is 18.9. The monoisotopic (exact) mass is 436 g/mol. The molecule has 8 heteroatoms. The van der Waals surface area contributed by atoms with Gasteiger partial charge in [-0.1, -0.05) is 6.07 Å². The predicted octanol–water partition coefficient (Wildman–Crippen LogP) is 2.73. The first-order valence-electron chi connectivity index (χ1n) is 10.5. The van der Waals surface area contributed by atoms with Crippen LogP contribution in [0.1, 0.15) is 59.4 Å². The topological polar surface area (TPSA) is 119 Å². The number of ketones is 1. The zero-order valence-corrected chi connectivity index (χ0v) is 18.9. The summed E-state index contributed by atoms with van der Waals surface area (Å²) < 4.78 is 16.1. The van der Waals surface area contributed by atoms with Crippen LogP contribution in [0.5, 0.6) is 11.5 Å². The Hall–Kier alpha value is -2.61. The lowest BCUT2D eigenvalue weighted by Crippen LogP contribution is -2.55. The van der Waals surface area contributed by atoms with E-state index in [1.54, 1.807) is 34.6 Å². The Balaban J connectivity index is 2.67. The second kappa shape index (κ2) is 9.68. The molecule has 1 saturated carbocycles. The predicted molar refractivity (Wildman–Crippen MR) is 112 cm³/mol. The van der Waals surface area contributed by atoms with Crippen LogP contribution in [-0.2, 0) is 23.9 Å². The molecule has 31 heavy (non-hydrogen) atoms. The number of aromatic hydroxyl groups is 1. The number of aliphatic hydroxyl groups is 1. The van der Waals surface area contributed by atoms with E-state index < -0.39 is 59.7 Å². The lowest BCUT2D eigenvalue weighted by atomic mass is 9.61. The molecule has 1 aromatic carbocycles. The van der Waals surface area contributed by atoms with Crippen molar-refractivity contribution in [2.45, 2.75) is 71.7 Å². The Morgan fingerprint density at radius 1 is 1.13 bits per heavy atom. The third-order valence-electron chi connectivity index (χ3n) is 5.15. The highest BCUT2D eigenvalue weighted by Gasteiger charge is 2.57. The van der Waals surface area contributed by atoms with E-state index in [9.17, 15) is 24.6 Å². The highest BCUT2D eigenvalue weighted by atomic mass is 16.5. The summed E-state index contributed by atoms with van der Waals surface area (Å²) in [7, 11) is 0. The number of carbonyl (C=O) groups is 3. The van der Waals surface area contributed by atoms with Crippen molar-refractivity contribution in [3.8, 4) is 11.5 Å². The third kappa shape index (κ3) is 5.55. The number of carbonyl (C=O) groups excluding carboxylic acids is 3. The molecule has 2 N–H and O–H groups in total. The van der Waals surface area contributed by atoms with Gasteiger partial charge in [-0.2, -0.15) is 0 Å². The quantitative estimate of drug-likeness (QED) is 0.495. The third-order valence-corrected chi connectivity index (χ3v) is 5.15. The first-order valence-corrected chi connectivity index (χ1v) is 10.5. The first-order chi connectivity index (χ1) is 14.4. The van der Waals surface area contributed by atoms with Crippen LogP contribution in [-0.4, -0.2) is 52.4 Å². The fourth-order valence-corrected chi connectivity index (χ4v) is 4.04. The van der Waals surface area contributed by atoms with Crippen molar-refractivity contribution in [1.29, 1.82) is 0 Å². The summed E-state index contributed by atoms with van der Waals surface area (Å²) in [4.78, 5) is 39.0. The fraction of sp³-hybridized carbons (Fsp3) is 0.609. The summed E-state index contributed by atoms with van der Waals surface area (Å²) in [5.41, 5.74) is -1.36. The van der Waals surface area contributed by atoms with Gasteiger partial charge in [0.2, 0.25) is 0 Å². The molecule has 0 heterocycles. The Bertz CT molecular complexity index is 819. The Kier molecular flexibility index (Phi) is 7.70. The number of benzene rings is 1. The second-order valence-corrected chi connectivity index (χ2v) is 8.61. The molecule has 0 amide bonds. The van der Waals surface area contributed by atoms with Crippen LogP contribution in [0, 0.1) is 11.8 Å². The molecule has 0 unspecified atom stereocenters. The molecule has 1 aliphatic rings. The average Bonchev–Trinajstić information content (AvgIpc) is 2.60. The average molecular weight is 437 g/mol. The summed E-state index contributed by atoms with van der Waals surface area (Å²) >= 11 is 0. The molecule has 4 atom stereocenters. The van der Waals surface area contributed by atoms with Gasteiger partial charge in [0.05, 0.1) is 30.3 Å². The first kappa shape index (κ1) is 24.7. The molecular formula is C23H32O8. The normalized spacial score (nSPS) is 26.1. The van der Waals surface area contributed by atoms with E-state index >= 15 is 0 Å². The van der Waals surface area contributed by atoms with Gasteiger partial charge in [-0.3, -0.25) is 14.4 Å². The van der Waals surface area contributed by atoms with E-state index in [1.165, 1.54) is 25.1 Å². The maximum atomic E-state index is 13.1. The van der Waals surface area contributed by atoms with Gasteiger partial charge in [0, 0.05) is 12.3 Å². The standard InChI is InChI=1S/C23H32O8/c1-7-29-17-10-14(8-9-15(17)24)18-19(21(26)30-12(2)3)16(25)11-23(6,28)20(18)22(27)31-13(4)5/h8-10,12-13,18-20,24,28H,7,11H2,1-6H3/t18-,19-,20-,23+/m1/s1. The molecule has 1 aromatic rings. The second-order valence-electron chi connectivity index (χ2n) is 8.61. The molecule has 0 bridgehead atoms. The molecule has 8 nitrogen and oxygen atoms in total. The van der Waals surface area contributed by atoms with E-state index in [-0.39, 0.29) is 18.1 Å². The van der Waals surface area contributed by atoms with Gasteiger partial charge in [0.25, 0.3) is 0 Å². The Labute approximate surface area is 182 Å². The van der Waals surface area contributed by atoms with E-state index in [0.29, 0.717) is 5.56 Å². The minimum Gasteiger partial charge on any atom is -0.504 e. The molecule has 2 rings (SSSR count). The summed E-state index contributed by atoms with van der Waals surface area (Å²) in [6, 6.07) is 4.34. The van der Waals surface area contributed by atoms with Crippen LogP contribution in [0.25, 0.3) is 0 Å². The number of hydrogen-bond acceptors (Lipinski definition) is 8. The van der Waals surface area contributed by atoms with Crippen LogP contribution in [0.3, 0.4) is 0 Å². The van der Waals surface area contributed by atoms with Crippen molar-refractivity contribution >= 4 is 17.7 Å². The van der Waals surface area contributed by atoms with Crippen molar-refractivity contribution in [2.75, 3.05) is 6.61 Å². The lowest BCUT2D eigenvalue weighted by Gasteiger charge is -2.44. The maximum Gasteiger partial charge on any atom is 0.317 e. The molecule has 1 aliphatic carbocycles. The molecule has 0 radical (unpaired) electrons. The number of Topliss-reactive ketones (excluding diaryl/α,β-unsaturated/α-hetero) is 1. The number of phenolic OH excluding ortho intramolecular Hbond substituents is 1. The van der Waals surface area contributed by atoms with Crippen LogP contribution in [0.15, 0.2) is 18.2 Å². The van der Waals surface area contributed by atoms with Crippen molar-refractivity contribution in [3.63, 3.8) is 0 Å². The van der Waals surface area contributed by atoms with Crippen LogP contribution >= 0.6 is 0 Å². The van der Waals surface area contributed by atoms with Gasteiger partial charge in [-0.25, -0.2) is 0 Å². The Morgan fingerprint density at radius 2 is 1.71 bits per heavy atom. The smallest absolute Gasteiger partial charge is 0.317 e. The van der Waals surface area contributed by atoms with Gasteiger partial charge < -0.3 is 24.4 Å². The van der Waals surface area contributed by atoms with E-state index in [4.69, 9.17) is 14.2 Å². The molecular weight excluding hydrogens is 404 g/mol. The van der Waals surface area contributed by atoms with Gasteiger partial charge in [-0.05, 0) is 59.2 Å². The molecule has 0 spiro atoms. The molecule has 172 valence electrons. The minimum absolute atomic E-state index is 0.123. The maximum absolute atomic E-state index is 13.1. The molecule has 0 saturated heterocycles. The van der Waals surface area contributed by atoms with Crippen molar-refractivity contribution < 1.29 is 38.8 Å². The zero-order chi connectivity index (χ0) is 23.5. The van der Waals surface area contributed by atoms with E-state index in [0.717, 1.165) is 0 Å². The van der Waals surface area contributed by atoms with Crippen molar-refractivity contribution in [1.82, 2.24) is 0 Å². The number of phenols is 1. The van der Waals surface area contributed by atoms with Crippen LogP contribution in [0.4, 0.5) is 0 Å². The van der Waals surface area contributed by atoms with E-state index in [2.05, 4.69) is 0 Å². The summed E-state index contributed by atoms with van der Waals surface area (Å²) in [5.74, 6) is -5.58. The number of hydrogen-bond donors (Lipinski definition) is 2. The lowest BCUT2D eigenvalue weighted by molar-refractivity contribution is -0.176. The summed E-state index contributed by atoms with van der Waals surface area (Å²) in [5, 5.41) is 21.2. The van der Waals surface area contributed by atoms with Crippen molar-refractivity contribution in [3.05, 3.63) is 23.8 Å².